The number of rotatable bonds is 7. The summed E-state index contributed by atoms with van der Waals surface area (Å²) in [5.74, 6) is -0.385. The number of ether oxygens (including phenoxy) is 1. The Morgan fingerprint density at radius 1 is 1.18 bits per heavy atom. The van der Waals surface area contributed by atoms with Crippen molar-refractivity contribution in [1.82, 2.24) is 24.3 Å². The topological polar surface area (TPSA) is 81.4 Å². The number of halogens is 2. The Labute approximate surface area is 226 Å². The summed E-state index contributed by atoms with van der Waals surface area (Å²) in [5.41, 5.74) is 1.05. The normalized spacial score (nSPS) is 19.6. The number of morpholine rings is 1. The minimum atomic E-state index is -0.586. The molecular weight excluding hydrogens is 509 g/mol. The second-order valence-corrected chi connectivity index (χ2v) is 11.5. The third-order valence-electron chi connectivity index (χ3n) is 7.09. The number of amides is 1. The van der Waals surface area contributed by atoms with Gasteiger partial charge >= 0.3 is 5.69 Å². The van der Waals surface area contributed by atoms with Crippen LogP contribution in [0.4, 0.5) is 4.39 Å². The third-order valence-corrected chi connectivity index (χ3v) is 7.38. The molecule has 2 aliphatic rings. The van der Waals surface area contributed by atoms with E-state index in [9.17, 15) is 14.0 Å². The molecule has 38 heavy (non-hydrogen) atoms. The lowest BCUT2D eigenvalue weighted by molar-refractivity contribution is -0.121. The van der Waals surface area contributed by atoms with Crippen LogP contribution < -0.4 is 11.0 Å². The van der Waals surface area contributed by atoms with E-state index in [1.807, 2.05) is 32.9 Å². The van der Waals surface area contributed by atoms with Gasteiger partial charge in [0.25, 0.3) is 0 Å². The molecule has 2 atom stereocenters. The van der Waals surface area contributed by atoms with Crippen LogP contribution in [-0.4, -0.2) is 62.3 Å². The van der Waals surface area contributed by atoms with E-state index >= 15 is 0 Å². The zero-order valence-corrected chi connectivity index (χ0v) is 22.7. The molecule has 1 aromatic carbocycles. The van der Waals surface area contributed by atoms with Crippen LogP contribution in [0, 0.1) is 5.82 Å². The fourth-order valence-electron chi connectivity index (χ4n) is 5.35. The fraction of sp³-hybridized carbons (Fsp3) is 0.464. The highest BCUT2D eigenvalue weighted by Crippen LogP contribution is 2.28. The molecule has 2 bridgehead atoms. The zero-order valence-electron chi connectivity index (χ0n) is 21.9. The SMILES string of the molecule is CC(C)(C)NC(=O)Cc1cn(-c2ccc(CCN3C4CCC3COC4)cn2)c(=O)n1-c1ccc(F)c(Cl)c1. The molecule has 2 aliphatic heterocycles. The van der Waals surface area contributed by atoms with Crippen LogP contribution >= 0.6 is 11.6 Å². The maximum Gasteiger partial charge on any atom is 0.338 e. The van der Waals surface area contributed by atoms with Gasteiger partial charge in [0, 0.05) is 36.6 Å². The van der Waals surface area contributed by atoms with Crippen molar-refractivity contribution >= 4 is 17.5 Å². The van der Waals surface area contributed by atoms with Crippen LogP contribution in [0.3, 0.4) is 0 Å². The Morgan fingerprint density at radius 2 is 1.92 bits per heavy atom. The number of fused-ring (bicyclic) bond motifs is 2. The molecule has 5 rings (SSSR count). The quantitative estimate of drug-likeness (QED) is 0.493. The fourth-order valence-corrected chi connectivity index (χ4v) is 5.53. The summed E-state index contributed by atoms with van der Waals surface area (Å²) in [6.45, 7) is 8.23. The minimum Gasteiger partial charge on any atom is -0.378 e. The van der Waals surface area contributed by atoms with Gasteiger partial charge in [-0.1, -0.05) is 17.7 Å². The number of nitrogens with one attached hydrogen (secondary N) is 1. The van der Waals surface area contributed by atoms with E-state index in [0.29, 0.717) is 29.3 Å². The molecular formula is C28H33ClFN5O3. The van der Waals surface area contributed by atoms with Crippen molar-refractivity contribution in [1.29, 1.82) is 0 Å². The van der Waals surface area contributed by atoms with E-state index in [4.69, 9.17) is 16.3 Å². The molecule has 2 aromatic heterocycles. The molecule has 2 saturated heterocycles. The van der Waals surface area contributed by atoms with Gasteiger partial charge in [-0.3, -0.25) is 18.8 Å². The first kappa shape index (κ1) is 26.6. The molecule has 0 saturated carbocycles. The Bertz CT molecular complexity index is 1360. The van der Waals surface area contributed by atoms with Crippen molar-refractivity contribution in [3.8, 4) is 11.5 Å². The van der Waals surface area contributed by atoms with Gasteiger partial charge in [0.05, 0.1) is 36.0 Å². The molecule has 10 heteroatoms. The number of carbonyl (C=O) groups is 1. The van der Waals surface area contributed by atoms with E-state index in [1.54, 1.807) is 12.4 Å². The predicted molar refractivity (Wildman–Crippen MR) is 144 cm³/mol. The minimum absolute atomic E-state index is 0.0472. The molecule has 0 spiro atoms. The molecule has 0 radical (unpaired) electrons. The predicted octanol–water partition coefficient (Wildman–Crippen LogP) is 3.68. The second kappa shape index (κ2) is 10.6. The Balaban J connectivity index is 1.40. The van der Waals surface area contributed by atoms with Crippen molar-refractivity contribution in [2.24, 2.45) is 0 Å². The summed E-state index contributed by atoms with van der Waals surface area (Å²) in [6, 6.07) is 8.85. The monoisotopic (exact) mass is 541 g/mol. The number of aromatic nitrogens is 3. The molecule has 202 valence electrons. The average molecular weight is 542 g/mol. The number of carbonyl (C=O) groups excluding carboxylic acids is 1. The molecule has 0 aliphatic carbocycles. The van der Waals surface area contributed by atoms with E-state index in [1.165, 1.54) is 40.2 Å². The number of imidazole rings is 1. The van der Waals surface area contributed by atoms with Gasteiger partial charge in [-0.2, -0.15) is 0 Å². The number of nitrogens with zero attached hydrogens (tertiary/aromatic N) is 4. The molecule has 2 unspecified atom stereocenters. The lowest BCUT2D eigenvalue weighted by atomic mass is 10.1. The highest BCUT2D eigenvalue weighted by Gasteiger charge is 2.36. The van der Waals surface area contributed by atoms with Crippen molar-refractivity contribution in [3.63, 3.8) is 0 Å². The summed E-state index contributed by atoms with van der Waals surface area (Å²) in [4.78, 5) is 33.4. The highest BCUT2D eigenvalue weighted by molar-refractivity contribution is 6.30. The summed E-state index contributed by atoms with van der Waals surface area (Å²) >= 11 is 6.01. The number of benzene rings is 1. The molecule has 1 N–H and O–H groups in total. The maximum atomic E-state index is 13.8. The van der Waals surface area contributed by atoms with Gasteiger partial charge < -0.3 is 10.1 Å². The summed E-state index contributed by atoms with van der Waals surface area (Å²) in [5, 5.41) is 2.81. The van der Waals surface area contributed by atoms with E-state index in [2.05, 4.69) is 15.2 Å². The number of hydrogen-bond acceptors (Lipinski definition) is 5. The van der Waals surface area contributed by atoms with Crippen molar-refractivity contribution in [3.05, 3.63) is 75.3 Å². The standard InChI is InChI=1S/C28H33ClFN5O3/c1-28(2,3)32-26(36)13-22-15-34(27(37)35(22)19-7-8-24(30)23(29)12-19)25-9-4-18(14-31-25)10-11-33-20-5-6-21(33)17-38-16-20/h4,7-9,12,14-15,20-21H,5-6,10-11,13,16-17H2,1-3H3,(H,32,36). The Hall–Kier alpha value is -3.01. The van der Waals surface area contributed by atoms with E-state index < -0.39 is 17.0 Å². The molecule has 2 fully saturated rings. The van der Waals surface area contributed by atoms with Gasteiger partial charge in [-0.25, -0.2) is 14.2 Å². The smallest absolute Gasteiger partial charge is 0.338 e. The Kier molecular flexibility index (Phi) is 7.44. The van der Waals surface area contributed by atoms with Gasteiger partial charge in [-0.05, 0) is 69.9 Å². The Morgan fingerprint density at radius 3 is 2.55 bits per heavy atom. The van der Waals surface area contributed by atoms with Crippen LogP contribution in [0.1, 0.15) is 44.9 Å². The van der Waals surface area contributed by atoms with Crippen LogP contribution in [0.5, 0.6) is 0 Å². The molecule has 4 heterocycles. The van der Waals surface area contributed by atoms with Crippen LogP contribution in [0.15, 0.2) is 47.5 Å². The first-order chi connectivity index (χ1) is 18.1. The van der Waals surface area contributed by atoms with Gasteiger partial charge in [0.15, 0.2) is 0 Å². The van der Waals surface area contributed by atoms with Gasteiger partial charge in [-0.15, -0.1) is 0 Å². The third kappa shape index (κ3) is 5.70. The number of pyridine rings is 1. The van der Waals surface area contributed by atoms with Crippen LogP contribution in [-0.2, 0) is 22.4 Å². The summed E-state index contributed by atoms with van der Waals surface area (Å²) in [7, 11) is 0. The molecule has 3 aromatic rings. The molecule has 8 nitrogen and oxygen atoms in total. The maximum absolute atomic E-state index is 13.8. The van der Waals surface area contributed by atoms with Crippen molar-refractivity contribution in [2.75, 3.05) is 19.8 Å². The van der Waals surface area contributed by atoms with Crippen LogP contribution in [0.25, 0.3) is 11.5 Å². The lowest BCUT2D eigenvalue weighted by Gasteiger charge is -2.34. The van der Waals surface area contributed by atoms with Crippen molar-refractivity contribution in [2.45, 2.75) is 64.1 Å². The van der Waals surface area contributed by atoms with Gasteiger partial charge in [0.1, 0.15) is 11.6 Å². The average Bonchev–Trinajstić information content (AvgIpc) is 3.28. The lowest BCUT2D eigenvalue weighted by Crippen LogP contribution is -2.46. The summed E-state index contributed by atoms with van der Waals surface area (Å²) < 4.78 is 22.3. The van der Waals surface area contributed by atoms with E-state index in [0.717, 1.165) is 31.7 Å². The summed E-state index contributed by atoms with van der Waals surface area (Å²) in [6.07, 6.45) is 6.60. The number of hydrogen-bond donors (Lipinski definition) is 1. The highest BCUT2D eigenvalue weighted by atomic mass is 35.5. The van der Waals surface area contributed by atoms with Crippen molar-refractivity contribution < 1.29 is 13.9 Å². The first-order valence-corrected chi connectivity index (χ1v) is 13.4. The second-order valence-electron chi connectivity index (χ2n) is 11.1. The zero-order chi connectivity index (χ0) is 27.0. The first-order valence-electron chi connectivity index (χ1n) is 13.0. The van der Waals surface area contributed by atoms with E-state index in [-0.39, 0.29) is 17.4 Å². The van der Waals surface area contributed by atoms with Crippen LogP contribution in [0.2, 0.25) is 5.02 Å². The molecule has 1 amide bonds. The largest absolute Gasteiger partial charge is 0.378 e. The van der Waals surface area contributed by atoms with Gasteiger partial charge in [0.2, 0.25) is 5.91 Å².